The van der Waals surface area contributed by atoms with Crippen molar-refractivity contribution in [2.45, 2.75) is 33.2 Å². The topological polar surface area (TPSA) is 41.6 Å². The summed E-state index contributed by atoms with van der Waals surface area (Å²) in [5.74, 6) is 0.0185. The predicted octanol–water partition coefficient (Wildman–Crippen LogP) is 3.34. The average molecular weight is 367 g/mol. The largest absolute Gasteiger partial charge is 0.378 e. The van der Waals surface area contributed by atoms with Crippen molar-refractivity contribution < 1.29 is 9.53 Å². The summed E-state index contributed by atoms with van der Waals surface area (Å²) in [6.45, 7) is 10.5. The Balaban J connectivity index is 1.70. The Morgan fingerprint density at radius 1 is 1.04 bits per heavy atom. The van der Waals surface area contributed by atoms with Crippen molar-refractivity contribution in [1.82, 2.24) is 10.2 Å². The summed E-state index contributed by atoms with van der Waals surface area (Å²) in [5.41, 5.74) is 6.28. The van der Waals surface area contributed by atoms with Gasteiger partial charge in [-0.15, -0.1) is 0 Å². The van der Waals surface area contributed by atoms with E-state index in [-0.39, 0.29) is 11.8 Å². The molecule has 1 aliphatic heterocycles. The van der Waals surface area contributed by atoms with Crippen LogP contribution in [0.25, 0.3) is 0 Å². The zero-order valence-corrected chi connectivity index (χ0v) is 16.6. The molecule has 2 aromatic carbocycles. The van der Waals surface area contributed by atoms with Crippen LogP contribution in [0.2, 0.25) is 0 Å². The van der Waals surface area contributed by atoms with E-state index in [4.69, 9.17) is 4.74 Å². The van der Waals surface area contributed by atoms with E-state index in [2.05, 4.69) is 38.2 Å². The van der Waals surface area contributed by atoms with Gasteiger partial charge in [0.2, 0.25) is 5.91 Å². The third-order valence-electron chi connectivity index (χ3n) is 5.44. The number of carbonyl (C=O) groups excluding carboxylic acids is 1. The van der Waals surface area contributed by atoms with Gasteiger partial charge in [-0.1, -0.05) is 42.5 Å². The summed E-state index contributed by atoms with van der Waals surface area (Å²) in [7, 11) is 0. The van der Waals surface area contributed by atoms with E-state index >= 15 is 0 Å². The number of morpholine rings is 1. The Morgan fingerprint density at radius 2 is 1.70 bits per heavy atom. The van der Waals surface area contributed by atoms with Crippen molar-refractivity contribution in [3.63, 3.8) is 0 Å². The second kappa shape index (κ2) is 9.16. The molecule has 1 saturated heterocycles. The second-order valence-corrected chi connectivity index (χ2v) is 7.39. The third-order valence-corrected chi connectivity index (χ3v) is 5.44. The molecule has 0 saturated carbocycles. The molecule has 0 aromatic heterocycles. The number of nitrogens with one attached hydrogen (secondary N) is 1. The van der Waals surface area contributed by atoms with E-state index in [1.165, 1.54) is 22.3 Å². The fourth-order valence-electron chi connectivity index (χ4n) is 3.60. The maximum Gasteiger partial charge on any atom is 0.231 e. The van der Waals surface area contributed by atoms with Crippen LogP contribution >= 0.6 is 0 Å². The molecular weight excluding hydrogens is 336 g/mol. The van der Waals surface area contributed by atoms with Crippen LogP contribution in [0.4, 0.5) is 0 Å². The monoisotopic (exact) mass is 366 g/mol. The Labute approximate surface area is 162 Å². The highest BCUT2D eigenvalue weighted by atomic mass is 16.5. The van der Waals surface area contributed by atoms with Gasteiger partial charge in [0, 0.05) is 26.2 Å². The van der Waals surface area contributed by atoms with E-state index < -0.39 is 0 Å². The first-order valence-electron chi connectivity index (χ1n) is 9.75. The van der Waals surface area contributed by atoms with Gasteiger partial charge in [0.1, 0.15) is 0 Å². The van der Waals surface area contributed by atoms with E-state index in [1.54, 1.807) is 0 Å². The molecule has 1 atom stereocenters. The number of aryl methyl sites for hydroxylation is 3. The van der Waals surface area contributed by atoms with Crippen LogP contribution in [0.15, 0.2) is 42.5 Å². The highest BCUT2D eigenvalue weighted by molar-refractivity contribution is 5.84. The quantitative estimate of drug-likeness (QED) is 0.852. The number of nitrogens with zero attached hydrogens (tertiary/aromatic N) is 1. The van der Waals surface area contributed by atoms with Gasteiger partial charge in [0.15, 0.2) is 0 Å². The zero-order chi connectivity index (χ0) is 19.2. The lowest BCUT2D eigenvalue weighted by Crippen LogP contribution is -2.45. The van der Waals surface area contributed by atoms with Crippen molar-refractivity contribution >= 4 is 5.91 Å². The average Bonchev–Trinajstić information content (AvgIpc) is 2.70. The number of rotatable bonds is 6. The molecule has 1 heterocycles. The summed E-state index contributed by atoms with van der Waals surface area (Å²) in [5, 5.41) is 3.53. The fraction of sp³-hybridized carbons (Fsp3) is 0.435. The molecule has 0 bridgehead atoms. The van der Waals surface area contributed by atoms with Crippen LogP contribution in [0, 0.1) is 20.8 Å². The molecule has 0 radical (unpaired) electrons. The van der Waals surface area contributed by atoms with Crippen LogP contribution in [0.5, 0.6) is 0 Å². The van der Waals surface area contributed by atoms with Crippen molar-refractivity contribution in [1.29, 1.82) is 0 Å². The van der Waals surface area contributed by atoms with Gasteiger partial charge >= 0.3 is 0 Å². The first-order valence-corrected chi connectivity index (χ1v) is 9.75. The summed E-state index contributed by atoms with van der Waals surface area (Å²) < 4.78 is 5.40. The number of ether oxygens (including phenoxy) is 1. The summed E-state index contributed by atoms with van der Waals surface area (Å²) >= 11 is 0. The molecule has 1 fully saturated rings. The first-order chi connectivity index (χ1) is 13.1. The molecule has 144 valence electrons. The summed E-state index contributed by atoms with van der Waals surface area (Å²) in [4.78, 5) is 15.1. The second-order valence-electron chi connectivity index (χ2n) is 7.39. The molecule has 1 N–H and O–H groups in total. The molecule has 2 aromatic rings. The highest BCUT2D eigenvalue weighted by Crippen LogP contribution is 2.20. The molecule has 0 spiro atoms. The molecule has 3 rings (SSSR count). The standard InChI is InChI=1S/C23H30N2O2/c1-17-13-19(3)21(14-18(17)2)15-24-16-22(20-7-5-4-6-8-20)23(26)25-9-11-27-12-10-25/h4-8,13-14,22,24H,9-12,15-16H2,1-3H3. The van der Waals surface area contributed by atoms with E-state index in [0.717, 1.165) is 12.1 Å². The number of hydrogen-bond acceptors (Lipinski definition) is 3. The van der Waals surface area contributed by atoms with Crippen LogP contribution in [0.1, 0.15) is 33.7 Å². The summed E-state index contributed by atoms with van der Waals surface area (Å²) in [6, 6.07) is 14.6. The Kier molecular flexibility index (Phi) is 6.64. The Bertz CT molecular complexity index is 767. The molecule has 27 heavy (non-hydrogen) atoms. The van der Waals surface area contributed by atoms with Crippen LogP contribution in [-0.4, -0.2) is 43.7 Å². The van der Waals surface area contributed by atoms with Gasteiger partial charge < -0.3 is 15.0 Å². The molecule has 1 unspecified atom stereocenters. The van der Waals surface area contributed by atoms with Gasteiger partial charge in [-0.2, -0.15) is 0 Å². The SMILES string of the molecule is Cc1cc(C)c(CNCC(C(=O)N2CCOCC2)c2ccccc2)cc1C. The fourth-order valence-corrected chi connectivity index (χ4v) is 3.60. The minimum absolute atomic E-state index is 0.170. The van der Waals surface area contributed by atoms with E-state index in [9.17, 15) is 4.79 Å². The third kappa shape index (κ3) is 4.96. The van der Waals surface area contributed by atoms with Gasteiger partial charge in [-0.25, -0.2) is 0 Å². The van der Waals surface area contributed by atoms with Crippen LogP contribution in [0.3, 0.4) is 0 Å². The number of carbonyl (C=O) groups is 1. The van der Waals surface area contributed by atoms with Gasteiger partial charge in [0.25, 0.3) is 0 Å². The zero-order valence-electron chi connectivity index (χ0n) is 16.6. The lowest BCUT2D eigenvalue weighted by molar-refractivity contribution is -0.136. The molecule has 1 amide bonds. The lowest BCUT2D eigenvalue weighted by atomic mass is 9.96. The Hall–Kier alpha value is -2.17. The number of hydrogen-bond donors (Lipinski definition) is 1. The van der Waals surface area contributed by atoms with Gasteiger partial charge in [-0.05, 0) is 48.6 Å². The number of benzene rings is 2. The molecule has 0 aliphatic carbocycles. The van der Waals surface area contributed by atoms with Crippen molar-refractivity contribution in [2.24, 2.45) is 0 Å². The van der Waals surface area contributed by atoms with Crippen molar-refractivity contribution in [3.05, 3.63) is 70.3 Å². The van der Waals surface area contributed by atoms with Crippen LogP contribution < -0.4 is 5.32 Å². The predicted molar refractivity (Wildman–Crippen MR) is 109 cm³/mol. The number of amides is 1. The minimum atomic E-state index is -0.170. The van der Waals surface area contributed by atoms with Crippen molar-refractivity contribution in [2.75, 3.05) is 32.8 Å². The van der Waals surface area contributed by atoms with E-state index in [1.807, 2.05) is 35.2 Å². The normalized spacial score (nSPS) is 15.6. The van der Waals surface area contributed by atoms with E-state index in [0.29, 0.717) is 32.8 Å². The van der Waals surface area contributed by atoms with Crippen molar-refractivity contribution in [3.8, 4) is 0 Å². The van der Waals surface area contributed by atoms with Gasteiger partial charge in [0.05, 0.1) is 19.1 Å². The molecular formula is C23H30N2O2. The molecule has 4 heteroatoms. The Morgan fingerprint density at radius 3 is 2.41 bits per heavy atom. The minimum Gasteiger partial charge on any atom is -0.378 e. The van der Waals surface area contributed by atoms with Crippen LogP contribution in [-0.2, 0) is 16.1 Å². The molecule has 1 aliphatic rings. The van der Waals surface area contributed by atoms with Gasteiger partial charge in [-0.3, -0.25) is 4.79 Å². The maximum atomic E-state index is 13.1. The smallest absolute Gasteiger partial charge is 0.231 e. The highest BCUT2D eigenvalue weighted by Gasteiger charge is 2.26. The maximum absolute atomic E-state index is 13.1. The lowest BCUT2D eigenvalue weighted by Gasteiger charge is -2.31. The first kappa shape index (κ1) is 19.6. The molecule has 4 nitrogen and oxygen atoms in total. The summed E-state index contributed by atoms with van der Waals surface area (Å²) in [6.07, 6.45) is 0.